The van der Waals surface area contributed by atoms with Crippen molar-refractivity contribution in [3.63, 3.8) is 0 Å². The number of rotatable bonds is 2. The van der Waals surface area contributed by atoms with Gasteiger partial charge in [0.2, 0.25) is 5.91 Å². The maximum absolute atomic E-state index is 13.6. The zero-order chi connectivity index (χ0) is 14.2. The van der Waals surface area contributed by atoms with Crippen LogP contribution in [0.25, 0.3) is 0 Å². The molecule has 0 saturated carbocycles. The Morgan fingerprint density at radius 2 is 2.00 bits per heavy atom. The average Bonchev–Trinajstić information content (AvgIpc) is 2.77. The van der Waals surface area contributed by atoms with E-state index in [1.807, 2.05) is 0 Å². The predicted molar refractivity (Wildman–Crippen MR) is 58.8 cm³/mol. The molecule has 1 atom stereocenters. The van der Waals surface area contributed by atoms with Crippen LogP contribution >= 0.6 is 0 Å². The van der Waals surface area contributed by atoms with E-state index in [0.29, 0.717) is 0 Å². The summed E-state index contributed by atoms with van der Waals surface area (Å²) < 4.78 is 44.0. The van der Waals surface area contributed by atoms with E-state index in [1.165, 1.54) is 7.11 Å². The zero-order valence-corrected chi connectivity index (χ0v) is 9.95. The first-order valence-electron chi connectivity index (χ1n) is 5.47. The molecule has 1 heterocycles. The number of anilines is 1. The van der Waals surface area contributed by atoms with E-state index < -0.39 is 35.2 Å². The number of methoxy groups -OCH3 is 1. The summed E-state index contributed by atoms with van der Waals surface area (Å²) in [4.78, 5) is 23.9. The Hall–Kier alpha value is -2.05. The van der Waals surface area contributed by atoms with Crippen molar-refractivity contribution in [3.05, 3.63) is 29.6 Å². The van der Waals surface area contributed by atoms with Crippen LogP contribution in [0.15, 0.2) is 12.1 Å². The number of benzene rings is 1. The van der Waals surface area contributed by atoms with Gasteiger partial charge in [-0.2, -0.15) is 0 Å². The summed E-state index contributed by atoms with van der Waals surface area (Å²) in [5.41, 5.74) is -0.379. The molecule has 1 aliphatic heterocycles. The molecular formula is C12H10F3NO3. The topological polar surface area (TPSA) is 46.6 Å². The van der Waals surface area contributed by atoms with Crippen LogP contribution in [-0.2, 0) is 14.3 Å². The molecule has 0 aromatic heterocycles. The Labute approximate surface area is 106 Å². The van der Waals surface area contributed by atoms with Crippen LogP contribution in [0.1, 0.15) is 6.42 Å². The minimum atomic E-state index is -1.65. The molecule has 0 bridgehead atoms. The largest absolute Gasteiger partial charge is 0.469 e. The normalized spacial score (nSPS) is 18.8. The summed E-state index contributed by atoms with van der Waals surface area (Å²) in [5, 5.41) is 0. The molecule has 7 heteroatoms. The third kappa shape index (κ3) is 2.27. The number of esters is 1. The van der Waals surface area contributed by atoms with Gasteiger partial charge in [0, 0.05) is 13.0 Å². The van der Waals surface area contributed by atoms with Gasteiger partial charge in [-0.05, 0) is 12.1 Å². The Kier molecular flexibility index (Phi) is 3.46. The van der Waals surface area contributed by atoms with E-state index in [-0.39, 0.29) is 18.7 Å². The van der Waals surface area contributed by atoms with Crippen LogP contribution in [0, 0.1) is 23.4 Å². The van der Waals surface area contributed by atoms with Gasteiger partial charge in [0.25, 0.3) is 0 Å². The fourth-order valence-corrected chi connectivity index (χ4v) is 1.99. The summed E-state index contributed by atoms with van der Waals surface area (Å²) in [6.45, 7) is -0.118. The van der Waals surface area contributed by atoms with Crippen molar-refractivity contribution in [2.75, 3.05) is 18.6 Å². The van der Waals surface area contributed by atoms with E-state index in [2.05, 4.69) is 4.74 Å². The summed E-state index contributed by atoms with van der Waals surface area (Å²) in [6, 6.07) is 1.69. The number of hydrogen-bond acceptors (Lipinski definition) is 3. The minimum absolute atomic E-state index is 0.118. The molecule has 1 aromatic carbocycles. The predicted octanol–water partition coefficient (Wildman–Crippen LogP) is 1.63. The molecule has 0 spiro atoms. The monoisotopic (exact) mass is 273 g/mol. The fraction of sp³-hybridized carbons (Fsp3) is 0.333. The molecule has 1 aromatic rings. The van der Waals surface area contributed by atoms with Crippen molar-refractivity contribution in [1.82, 2.24) is 0 Å². The summed E-state index contributed by atoms with van der Waals surface area (Å²) >= 11 is 0. The van der Waals surface area contributed by atoms with Crippen LogP contribution in [0.5, 0.6) is 0 Å². The van der Waals surface area contributed by atoms with Crippen LogP contribution in [0.4, 0.5) is 18.9 Å². The van der Waals surface area contributed by atoms with Crippen LogP contribution in [0.2, 0.25) is 0 Å². The maximum atomic E-state index is 13.6. The van der Waals surface area contributed by atoms with E-state index >= 15 is 0 Å². The number of halogens is 3. The lowest BCUT2D eigenvalue weighted by Gasteiger charge is -2.17. The van der Waals surface area contributed by atoms with Gasteiger partial charge in [0.15, 0.2) is 17.5 Å². The van der Waals surface area contributed by atoms with Gasteiger partial charge in [-0.25, -0.2) is 13.2 Å². The number of carbonyl (C=O) groups is 2. The quantitative estimate of drug-likeness (QED) is 0.607. The van der Waals surface area contributed by atoms with Crippen molar-refractivity contribution in [3.8, 4) is 0 Å². The Balaban J connectivity index is 2.31. The molecule has 1 fully saturated rings. The highest BCUT2D eigenvalue weighted by Gasteiger charge is 2.37. The van der Waals surface area contributed by atoms with Crippen molar-refractivity contribution in [2.45, 2.75) is 6.42 Å². The highest BCUT2D eigenvalue weighted by atomic mass is 19.2. The lowest BCUT2D eigenvalue weighted by atomic mass is 10.1. The Morgan fingerprint density at radius 3 is 2.63 bits per heavy atom. The average molecular weight is 273 g/mol. The minimum Gasteiger partial charge on any atom is -0.469 e. The number of hydrogen-bond donors (Lipinski definition) is 0. The van der Waals surface area contributed by atoms with Crippen LogP contribution in [0.3, 0.4) is 0 Å². The Morgan fingerprint density at radius 1 is 1.32 bits per heavy atom. The molecule has 0 radical (unpaired) electrons. The van der Waals surface area contributed by atoms with E-state index in [1.54, 1.807) is 0 Å². The van der Waals surface area contributed by atoms with E-state index in [4.69, 9.17) is 0 Å². The molecule has 1 unspecified atom stereocenters. The van der Waals surface area contributed by atoms with Crippen LogP contribution < -0.4 is 4.90 Å². The SMILES string of the molecule is COC(=O)C1CC(=O)N(c2ccc(F)c(F)c2F)C1. The second-order valence-corrected chi connectivity index (χ2v) is 4.12. The summed E-state index contributed by atoms with van der Waals surface area (Å²) in [7, 11) is 1.17. The van der Waals surface area contributed by atoms with E-state index in [0.717, 1.165) is 17.0 Å². The second-order valence-electron chi connectivity index (χ2n) is 4.12. The first-order valence-corrected chi connectivity index (χ1v) is 5.47. The van der Waals surface area contributed by atoms with Gasteiger partial charge in [0.05, 0.1) is 18.7 Å². The highest BCUT2D eigenvalue weighted by Crippen LogP contribution is 2.29. The molecule has 0 aliphatic carbocycles. The van der Waals surface area contributed by atoms with Crippen molar-refractivity contribution >= 4 is 17.6 Å². The number of nitrogens with zero attached hydrogens (tertiary/aromatic N) is 1. The highest BCUT2D eigenvalue weighted by molar-refractivity contribution is 5.99. The van der Waals surface area contributed by atoms with Gasteiger partial charge >= 0.3 is 5.97 Å². The lowest BCUT2D eigenvalue weighted by Crippen LogP contribution is -2.27. The third-order valence-corrected chi connectivity index (χ3v) is 2.97. The first kappa shape index (κ1) is 13.4. The number of amides is 1. The van der Waals surface area contributed by atoms with Gasteiger partial charge in [-0.1, -0.05) is 0 Å². The second kappa shape index (κ2) is 4.91. The maximum Gasteiger partial charge on any atom is 0.311 e. The van der Waals surface area contributed by atoms with Gasteiger partial charge < -0.3 is 9.64 Å². The van der Waals surface area contributed by atoms with Crippen molar-refractivity contribution < 1.29 is 27.5 Å². The Bertz CT molecular complexity index is 547. The lowest BCUT2D eigenvalue weighted by molar-refractivity contribution is -0.145. The molecule has 2 rings (SSSR count). The standard InChI is InChI=1S/C12H10F3NO3/c1-19-12(18)6-4-9(17)16(5-6)8-3-2-7(13)10(14)11(8)15/h2-3,6H,4-5H2,1H3. The van der Waals surface area contributed by atoms with Gasteiger partial charge in [0.1, 0.15) is 0 Å². The first-order chi connectivity index (χ1) is 8.95. The smallest absolute Gasteiger partial charge is 0.311 e. The van der Waals surface area contributed by atoms with E-state index in [9.17, 15) is 22.8 Å². The molecule has 1 aliphatic rings. The molecule has 1 saturated heterocycles. The third-order valence-electron chi connectivity index (χ3n) is 2.97. The van der Waals surface area contributed by atoms with Crippen molar-refractivity contribution in [1.29, 1.82) is 0 Å². The molecule has 4 nitrogen and oxygen atoms in total. The summed E-state index contributed by atoms with van der Waals surface area (Å²) in [5.74, 6) is -6.30. The van der Waals surface area contributed by atoms with Crippen LogP contribution in [-0.4, -0.2) is 25.5 Å². The molecular weight excluding hydrogens is 263 g/mol. The molecule has 0 N–H and O–H groups in total. The van der Waals surface area contributed by atoms with Gasteiger partial charge in [-0.15, -0.1) is 0 Å². The summed E-state index contributed by atoms with van der Waals surface area (Å²) in [6.07, 6.45) is -0.148. The fourth-order valence-electron chi connectivity index (χ4n) is 1.99. The molecule has 1 amide bonds. The molecule has 19 heavy (non-hydrogen) atoms. The number of ether oxygens (including phenoxy) is 1. The zero-order valence-electron chi connectivity index (χ0n) is 9.95. The van der Waals surface area contributed by atoms with Crippen molar-refractivity contribution in [2.24, 2.45) is 5.92 Å². The number of carbonyl (C=O) groups excluding carboxylic acids is 2. The van der Waals surface area contributed by atoms with Gasteiger partial charge in [-0.3, -0.25) is 9.59 Å². The molecule has 102 valence electrons.